The molecule has 0 saturated heterocycles. The van der Waals surface area contributed by atoms with Gasteiger partial charge in [-0.25, -0.2) is 4.39 Å². The number of hydrogen-bond donors (Lipinski definition) is 1. The van der Waals surface area contributed by atoms with Crippen molar-refractivity contribution in [3.8, 4) is 0 Å². The lowest BCUT2D eigenvalue weighted by molar-refractivity contribution is -0.129. The van der Waals surface area contributed by atoms with Crippen LogP contribution in [0.4, 0.5) is 4.39 Å². The summed E-state index contributed by atoms with van der Waals surface area (Å²) in [5.74, 6) is -0.324. The number of hydrogen-bond acceptors (Lipinski definition) is 1. The maximum atomic E-state index is 13.0. The van der Waals surface area contributed by atoms with Gasteiger partial charge in [0.15, 0.2) is 0 Å². The van der Waals surface area contributed by atoms with Crippen molar-refractivity contribution < 1.29 is 9.18 Å². The van der Waals surface area contributed by atoms with Crippen LogP contribution >= 0.6 is 0 Å². The molecule has 0 heterocycles. The third-order valence-corrected chi connectivity index (χ3v) is 4.06. The molecular weight excluding hydrogens is 265 g/mol. The molecule has 0 unspecified atom stereocenters. The van der Waals surface area contributed by atoms with Crippen LogP contribution in [0.2, 0.25) is 0 Å². The molecule has 0 fully saturated rings. The summed E-state index contributed by atoms with van der Waals surface area (Å²) in [6.45, 7) is 12.3. The van der Waals surface area contributed by atoms with Crippen molar-refractivity contribution in [2.75, 3.05) is 0 Å². The van der Waals surface area contributed by atoms with Gasteiger partial charge < -0.3 is 5.32 Å². The van der Waals surface area contributed by atoms with E-state index in [1.54, 1.807) is 12.1 Å². The van der Waals surface area contributed by atoms with Crippen molar-refractivity contribution >= 4 is 5.91 Å². The van der Waals surface area contributed by atoms with Gasteiger partial charge >= 0.3 is 0 Å². The van der Waals surface area contributed by atoms with E-state index >= 15 is 0 Å². The molecule has 1 aromatic carbocycles. The average Bonchev–Trinajstić information content (AvgIpc) is 2.36. The van der Waals surface area contributed by atoms with E-state index in [1.807, 2.05) is 13.8 Å². The zero-order valence-electron chi connectivity index (χ0n) is 14.1. The molecule has 1 rings (SSSR count). The topological polar surface area (TPSA) is 29.1 Å². The predicted octanol–water partition coefficient (Wildman–Crippen LogP) is 4.34. The molecule has 1 amide bonds. The second-order valence-electron chi connectivity index (χ2n) is 7.48. The molecule has 1 N–H and O–H groups in total. The number of rotatable bonds is 5. The van der Waals surface area contributed by atoms with E-state index in [0.29, 0.717) is 6.42 Å². The first-order valence-corrected chi connectivity index (χ1v) is 7.61. The first-order valence-electron chi connectivity index (χ1n) is 7.61. The van der Waals surface area contributed by atoms with E-state index in [1.165, 1.54) is 12.1 Å². The number of carbonyl (C=O) groups is 1. The number of benzene rings is 1. The number of carbonyl (C=O) groups excluding carboxylic acids is 1. The normalized spacial score (nSPS) is 13.9. The molecule has 21 heavy (non-hydrogen) atoms. The van der Waals surface area contributed by atoms with Crippen molar-refractivity contribution in [3.05, 3.63) is 35.6 Å². The average molecular weight is 293 g/mol. The molecule has 0 bridgehead atoms. The maximum absolute atomic E-state index is 13.0. The Hall–Kier alpha value is -1.38. The van der Waals surface area contributed by atoms with Gasteiger partial charge in [-0.15, -0.1) is 0 Å². The highest BCUT2D eigenvalue weighted by Gasteiger charge is 2.33. The molecule has 118 valence electrons. The highest BCUT2D eigenvalue weighted by Crippen LogP contribution is 2.30. The van der Waals surface area contributed by atoms with E-state index in [-0.39, 0.29) is 28.6 Å². The quantitative estimate of drug-likeness (QED) is 0.860. The molecule has 0 spiro atoms. The second kappa shape index (κ2) is 6.59. The summed E-state index contributed by atoms with van der Waals surface area (Å²) in [6, 6.07) is 6.41. The fourth-order valence-corrected chi connectivity index (χ4v) is 2.16. The minimum atomic E-state index is -0.248. The summed E-state index contributed by atoms with van der Waals surface area (Å²) >= 11 is 0. The molecule has 0 aliphatic carbocycles. The molecule has 3 heteroatoms. The summed E-state index contributed by atoms with van der Waals surface area (Å²) in [4.78, 5) is 12.7. The Balaban J connectivity index is 2.91. The molecule has 2 nitrogen and oxygen atoms in total. The Morgan fingerprint density at radius 3 is 2.10 bits per heavy atom. The minimum absolute atomic E-state index is 0.0682. The minimum Gasteiger partial charge on any atom is -0.351 e. The predicted molar refractivity (Wildman–Crippen MR) is 85.6 cm³/mol. The van der Waals surface area contributed by atoms with Crippen LogP contribution in [0.3, 0.4) is 0 Å². The molecule has 0 aliphatic heterocycles. The van der Waals surface area contributed by atoms with Crippen molar-refractivity contribution in [2.45, 2.75) is 59.9 Å². The van der Waals surface area contributed by atoms with Crippen LogP contribution in [0, 0.1) is 17.2 Å². The van der Waals surface area contributed by atoms with E-state index in [9.17, 15) is 9.18 Å². The van der Waals surface area contributed by atoms with Crippen LogP contribution in [0.25, 0.3) is 0 Å². The highest BCUT2D eigenvalue weighted by molar-refractivity contribution is 5.80. The Bertz CT molecular complexity index is 471. The van der Waals surface area contributed by atoms with Gasteiger partial charge in [0.2, 0.25) is 5.91 Å². The smallest absolute Gasteiger partial charge is 0.224 e. The SMILES string of the molecule is CCC(C)(C)NC(=O)[C@@H](Cc1ccc(F)cc1)C(C)(C)C. The van der Waals surface area contributed by atoms with Crippen LogP contribution in [-0.2, 0) is 11.2 Å². The van der Waals surface area contributed by atoms with Crippen LogP contribution in [-0.4, -0.2) is 11.4 Å². The van der Waals surface area contributed by atoms with E-state index < -0.39 is 0 Å². The van der Waals surface area contributed by atoms with Crippen LogP contribution < -0.4 is 5.32 Å². The standard InChI is InChI=1S/C18H28FNO/c1-7-18(5,6)20-16(21)15(17(2,3)4)12-13-8-10-14(19)11-9-13/h8-11,15H,7,12H2,1-6H3,(H,20,21)/t15-/m1/s1. The van der Waals surface area contributed by atoms with Crippen LogP contribution in [0.15, 0.2) is 24.3 Å². The zero-order chi connectivity index (χ0) is 16.3. The number of nitrogens with one attached hydrogen (secondary N) is 1. The fraction of sp³-hybridized carbons (Fsp3) is 0.611. The third-order valence-electron chi connectivity index (χ3n) is 4.06. The van der Waals surface area contributed by atoms with Gasteiger partial charge in [-0.1, -0.05) is 39.8 Å². The first-order chi connectivity index (χ1) is 9.55. The molecular formula is C18H28FNO. The molecule has 0 aromatic heterocycles. The lowest BCUT2D eigenvalue weighted by Gasteiger charge is -2.34. The maximum Gasteiger partial charge on any atom is 0.224 e. The molecule has 1 atom stereocenters. The highest BCUT2D eigenvalue weighted by atomic mass is 19.1. The van der Waals surface area contributed by atoms with E-state index in [4.69, 9.17) is 0 Å². The van der Waals surface area contributed by atoms with Gasteiger partial charge in [-0.05, 0) is 49.8 Å². The zero-order valence-corrected chi connectivity index (χ0v) is 14.1. The summed E-state index contributed by atoms with van der Waals surface area (Å²) in [6.07, 6.45) is 1.50. The van der Waals surface area contributed by atoms with Crippen LogP contribution in [0.5, 0.6) is 0 Å². The lowest BCUT2D eigenvalue weighted by atomic mass is 9.76. The van der Waals surface area contributed by atoms with E-state index in [0.717, 1.165) is 12.0 Å². The third kappa shape index (κ3) is 5.49. The Morgan fingerprint density at radius 2 is 1.67 bits per heavy atom. The van der Waals surface area contributed by atoms with Gasteiger partial charge in [0.05, 0.1) is 0 Å². The monoisotopic (exact) mass is 293 g/mol. The van der Waals surface area contributed by atoms with Gasteiger partial charge in [-0.3, -0.25) is 4.79 Å². The number of amides is 1. The molecule has 0 radical (unpaired) electrons. The first kappa shape index (κ1) is 17.7. The van der Waals surface area contributed by atoms with Crippen molar-refractivity contribution in [1.29, 1.82) is 0 Å². The summed E-state index contributed by atoms with van der Waals surface area (Å²) in [5.41, 5.74) is 0.631. The Kier molecular flexibility index (Phi) is 5.54. The van der Waals surface area contributed by atoms with Gasteiger partial charge in [0, 0.05) is 11.5 Å². The second-order valence-corrected chi connectivity index (χ2v) is 7.48. The van der Waals surface area contributed by atoms with Gasteiger partial charge in [-0.2, -0.15) is 0 Å². The molecule has 0 saturated carbocycles. The van der Waals surface area contributed by atoms with Crippen molar-refractivity contribution in [1.82, 2.24) is 5.32 Å². The van der Waals surface area contributed by atoms with Gasteiger partial charge in [0.25, 0.3) is 0 Å². The largest absolute Gasteiger partial charge is 0.351 e. The van der Waals surface area contributed by atoms with E-state index in [2.05, 4.69) is 33.0 Å². The molecule has 1 aromatic rings. The van der Waals surface area contributed by atoms with Crippen molar-refractivity contribution in [2.24, 2.45) is 11.3 Å². The lowest BCUT2D eigenvalue weighted by Crippen LogP contribution is -2.48. The molecule has 0 aliphatic rings. The Labute approximate surface area is 128 Å². The fourth-order valence-electron chi connectivity index (χ4n) is 2.16. The number of halogens is 1. The van der Waals surface area contributed by atoms with Gasteiger partial charge in [0.1, 0.15) is 5.82 Å². The van der Waals surface area contributed by atoms with Crippen LogP contribution in [0.1, 0.15) is 53.5 Å². The Morgan fingerprint density at radius 1 is 1.14 bits per heavy atom. The summed E-state index contributed by atoms with van der Waals surface area (Å²) in [7, 11) is 0. The van der Waals surface area contributed by atoms with Crippen molar-refractivity contribution in [3.63, 3.8) is 0 Å². The summed E-state index contributed by atoms with van der Waals surface area (Å²) in [5, 5.41) is 3.13. The summed E-state index contributed by atoms with van der Waals surface area (Å²) < 4.78 is 13.0.